The van der Waals surface area contributed by atoms with Gasteiger partial charge in [-0.1, -0.05) is 6.07 Å². The van der Waals surface area contributed by atoms with Gasteiger partial charge >= 0.3 is 0 Å². The van der Waals surface area contributed by atoms with Crippen molar-refractivity contribution in [2.24, 2.45) is 11.8 Å². The van der Waals surface area contributed by atoms with Crippen molar-refractivity contribution >= 4 is 28.1 Å². The van der Waals surface area contributed by atoms with Crippen LogP contribution in [0.1, 0.15) is 17.7 Å². The van der Waals surface area contributed by atoms with E-state index in [1.807, 2.05) is 12.1 Å². The highest BCUT2D eigenvalue weighted by Crippen LogP contribution is 2.80. The number of nitrogens with one attached hydrogen (secondary N) is 1. The van der Waals surface area contributed by atoms with E-state index in [0.29, 0.717) is 17.9 Å². The van der Waals surface area contributed by atoms with E-state index in [-0.39, 0.29) is 27.7 Å². The third-order valence-electron chi connectivity index (χ3n) is 6.73. The van der Waals surface area contributed by atoms with Gasteiger partial charge in [0, 0.05) is 23.6 Å². The third-order valence-corrected chi connectivity index (χ3v) is 6.73. The monoisotopic (exact) mass is 377 g/mol. The Morgan fingerprint density at radius 1 is 1.07 bits per heavy atom. The first kappa shape index (κ1) is 15.8. The highest BCUT2D eigenvalue weighted by Gasteiger charge is 2.84. The Bertz CT molecular complexity index is 1240. The number of ketones is 2. The van der Waals surface area contributed by atoms with Crippen LogP contribution in [0.5, 0.6) is 5.75 Å². The molecule has 2 aromatic rings. The summed E-state index contributed by atoms with van der Waals surface area (Å²) < 4.78 is 5.75. The van der Waals surface area contributed by atoms with E-state index in [4.69, 9.17) is 4.42 Å². The number of aromatic hydroxyl groups is 1. The van der Waals surface area contributed by atoms with Gasteiger partial charge in [-0.3, -0.25) is 14.4 Å². The molecule has 3 fully saturated rings. The summed E-state index contributed by atoms with van der Waals surface area (Å²) in [7, 11) is 0. The second-order valence-corrected chi connectivity index (χ2v) is 7.96. The van der Waals surface area contributed by atoms with Gasteiger partial charge in [0.15, 0.2) is 17.3 Å². The Balaban J connectivity index is 1.51. The first-order chi connectivity index (χ1) is 13.4. The summed E-state index contributed by atoms with van der Waals surface area (Å²) in [5.74, 6) is -2.00. The predicted octanol–water partition coefficient (Wildman–Crippen LogP) is 1.33. The molecule has 2 unspecified atom stereocenters. The average molecular weight is 377 g/mol. The highest BCUT2D eigenvalue weighted by molar-refractivity contribution is 6.34. The fourth-order valence-corrected chi connectivity index (χ4v) is 5.28. The minimum Gasteiger partial charge on any atom is -0.504 e. The number of piperidine rings is 2. The Hall–Kier alpha value is -3.19. The molecule has 3 aliphatic carbocycles. The minimum atomic E-state index is -0.789. The molecular formula is C21H15NO6. The number of carbonyl (C=O) groups is 2. The van der Waals surface area contributed by atoms with Crippen LogP contribution in [-0.2, 0) is 15.0 Å². The molecule has 2 saturated carbocycles. The molecule has 1 aromatic heterocycles. The number of aliphatic hydroxyl groups excluding tert-OH is 1. The van der Waals surface area contributed by atoms with E-state index in [0.717, 1.165) is 30.7 Å². The van der Waals surface area contributed by atoms with Crippen LogP contribution in [0, 0.1) is 11.8 Å². The third kappa shape index (κ3) is 1.75. The van der Waals surface area contributed by atoms with Crippen molar-refractivity contribution in [1.82, 2.24) is 5.32 Å². The summed E-state index contributed by atoms with van der Waals surface area (Å²) in [6, 6.07) is 5.99. The number of allylic oxidation sites excluding steroid dienone is 3. The number of benzene rings is 1. The van der Waals surface area contributed by atoms with Crippen molar-refractivity contribution in [2.75, 3.05) is 6.54 Å². The molecule has 1 aromatic carbocycles. The molecule has 3 N–H and O–H groups in total. The maximum Gasteiger partial charge on any atom is 0.235 e. The van der Waals surface area contributed by atoms with Crippen LogP contribution >= 0.6 is 0 Å². The van der Waals surface area contributed by atoms with Crippen molar-refractivity contribution in [3.63, 3.8) is 0 Å². The van der Waals surface area contributed by atoms with Crippen LogP contribution in [0.2, 0.25) is 0 Å². The predicted molar refractivity (Wildman–Crippen MR) is 97.9 cm³/mol. The van der Waals surface area contributed by atoms with Gasteiger partial charge in [0.2, 0.25) is 17.0 Å². The molecule has 4 aliphatic rings. The zero-order chi connectivity index (χ0) is 19.4. The maximum absolute atomic E-state index is 12.6. The molecule has 1 aliphatic heterocycles. The Morgan fingerprint density at radius 3 is 2.61 bits per heavy atom. The van der Waals surface area contributed by atoms with Gasteiger partial charge in [-0.05, 0) is 42.5 Å². The number of hydrogen-bond donors (Lipinski definition) is 3. The zero-order valence-corrected chi connectivity index (χ0v) is 14.6. The van der Waals surface area contributed by atoms with Crippen molar-refractivity contribution in [3.8, 4) is 5.75 Å². The summed E-state index contributed by atoms with van der Waals surface area (Å²) in [6.07, 6.45) is 2.66. The minimum absolute atomic E-state index is 0.144. The topological polar surface area (TPSA) is 117 Å². The van der Waals surface area contributed by atoms with E-state index in [9.17, 15) is 24.6 Å². The Kier molecular flexibility index (Phi) is 2.71. The molecule has 0 amide bonds. The van der Waals surface area contributed by atoms with Crippen molar-refractivity contribution in [2.45, 2.75) is 17.9 Å². The lowest BCUT2D eigenvalue weighted by Crippen LogP contribution is -2.43. The summed E-state index contributed by atoms with van der Waals surface area (Å²) in [4.78, 5) is 36.5. The first-order valence-electron chi connectivity index (χ1n) is 9.18. The van der Waals surface area contributed by atoms with Crippen molar-refractivity contribution in [3.05, 3.63) is 57.7 Å². The number of fused-ring (bicyclic) bond motifs is 3. The molecule has 2 heterocycles. The molecule has 7 heteroatoms. The summed E-state index contributed by atoms with van der Waals surface area (Å²) >= 11 is 0. The van der Waals surface area contributed by atoms with Gasteiger partial charge in [-0.15, -0.1) is 0 Å². The molecule has 140 valence electrons. The van der Waals surface area contributed by atoms with E-state index in [1.54, 1.807) is 6.07 Å². The van der Waals surface area contributed by atoms with Crippen LogP contribution in [-0.4, -0.2) is 34.4 Å². The Labute approximate surface area is 158 Å². The van der Waals surface area contributed by atoms with Crippen LogP contribution in [0.15, 0.2) is 45.3 Å². The SMILES string of the molecule is O=C1C=C(c2oc3cc(C45CCNC6C4C65)ccc3c(=O)c2O)C(=O)C=C1O. The number of rotatable bonds is 2. The number of hydrogen-bond acceptors (Lipinski definition) is 7. The average Bonchev–Trinajstić information content (AvgIpc) is 3.59. The van der Waals surface area contributed by atoms with Crippen LogP contribution in [0.3, 0.4) is 0 Å². The van der Waals surface area contributed by atoms with E-state index < -0.39 is 28.5 Å². The lowest BCUT2D eigenvalue weighted by atomic mass is 9.78. The van der Waals surface area contributed by atoms with E-state index in [1.165, 1.54) is 0 Å². The fraction of sp³-hybridized carbons (Fsp3) is 0.286. The van der Waals surface area contributed by atoms with Gasteiger partial charge in [-0.25, -0.2) is 0 Å². The molecule has 0 radical (unpaired) electrons. The first-order valence-corrected chi connectivity index (χ1v) is 9.18. The van der Waals surface area contributed by atoms with Crippen LogP contribution in [0.4, 0.5) is 0 Å². The van der Waals surface area contributed by atoms with Gasteiger partial charge in [0.1, 0.15) is 5.58 Å². The molecule has 6 rings (SSSR count). The Morgan fingerprint density at radius 2 is 1.86 bits per heavy atom. The quantitative estimate of drug-likeness (QED) is 0.676. The van der Waals surface area contributed by atoms with Crippen LogP contribution in [0.25, 0.3) is 16.5 Å². The van der Waals surface area contributed by atoms with E-state index >= 15 is 0 Å². The number of aliphatic hydroxyl groups is 1. The molecule has 0 spiro atoms. The standard InChI is InChI=1S/C21H15NO6/c23-11-7-13(25)12(24)6-10(11)20-19(27)18(26)9-2-1-8(5-14(9)28-20)21-3-4-22-17-15(21)16(17)21/h1-2,5-7,15-17,22,25,27H,3-4H2. The van der Waals surface area contributed by atoms with Crippen LogP contribution < -0.4 is 10.7 Å². The zero-order valence-electron chi connectivity index (χ0n) is 14.6. The maximum atomic E-state index is 12.6. The van der Waals surface area contributed by atoms with Gasteiger partial charge in [0.05, 0.1) is 11.0 Å². The largest absolute Gasteiger partial charge is 0.504 e. The summed E-state index contributed by atoms with van der Waals surface area (Å²) in [6.45, 7) is 0.958. The lowest BCUT2D eigenvalue weighted by molar-refractivity contribution is -0.116. The van der Waals surface area contributed by atoms with Gasteiger partial charge < -0.3 is 19.9 Å². The van der Waals surface area contributed by atoms with E-state index in [2.05, 4.69) is 5.32 Å². The summed E-state index contributed by atoms with van der Waals surface area (Å²) in [5, 5.41) is 23.4. The normalized spacial score (nSPS) is 32.6. The van der Waals surface area contributed by atoms with Gasteiger partial charge in [0.25, 0.3) is 0 Å². The molecule has 2 atom stereocenters. The molecule has 28 heavy (non-hydrogen) atoms. The molecule has 0 bridgehead atoms. The number of carbonyl (C=O) groups excluding carboxylic acids is 2. The smallest absolute Gasteiger partial charge is 0.235 e. The lowest BCUT2D eigenvalue weighted by Gasteiger charge is -2.33. The summed E-state index contributed by atoms with van der Waals surface area (Å²) in [5.41, 5.74) is 0.602. The molecule has 7 nitrogen and oxygen atoms in total. The second-order valence-electron chi connectivity index (χ2n) is 7.96. The fourth-order valence-electron chi connectivity index (χ4n) is 5.28. The molecular weight excluding hydrogens is 362 g/mol. The molecule has 1 saturated heterocycles. The van der Waals surface area contributed by atoms with Crippen molar-refractivity contribution in [1.29, 1.82) is 0 Å². The second kappa shape index (κ2) is 4.80. The van der Waals surface area contributed by atoms with Crippen molar-refractivity contribution < 1.29 is 24.2 Å². The highest BCUT2D eigenvalue weighted by atomic mass is 16.4. The van der Waals surface area contributed by atoms with Gasteiger partial charge in [-0.2, -0.15) is 0 Å².